The summed E-state index contributed by atoms with van der Waals surface area (Å²) in [7, 11) is 1.33. The van der Waals surface area contributed by atoms with E-state index in [0.29, 0.717) is 22.0 Å². The molecule has 29 heavy (non-hydrogen) atoms. The predicted molar refractivity (Wildman–Crippen MR) is 111 cm³/mol. The summed E-state index contributed by atoms with van der Waals surface area (Å²) in [4.78, 5) is 34.8. The van der Waals surface area contributed by atoms with Crippen molar-refractivity contribution in [3.63, 3.8) is 0 Å². The smallest absolute Gasteiger partial charge is 0.329 e. The number of hydrogen-bond acceptors (Lipinski definition) is 5. The third-order valence-electron chi connectivity index (χ3n) is 3.79. The van der Waals surface area contributed by atoms with E-state index in [1.54, 1.807) is 18.2 Å². The molecule has 0 aromatic heterocycles. The van der Waals surface area contributed by atoms with Crippen molar-refractivity contribution in [1.82, 2.24) is 10.7 Å². The number of carbonyl (C=O) groups is 3. The minimum Gasteiger partial charge on any atom is -0.483 e. The molecule has 0 bridgehead atoms. The van der Waals surface area contributed by atoms with Crippen molar-refractivity contribution in [2.75, 3.05) is 19.0 Å². The molecule has 2 rings (SSSR count). The molecule has 0 atom stereocenters. The van der Waals surface area contributed by atoms with Gasteiger partial charge in [-0.05, 0) is 43.7 Å². The molecule has 0 saturated carbocycles. The lowest BCUT2D eigenvalue weighted by Gasteiger charge is -2.11. The molecule has 0 aliphatic heterocycles. The topological polar surface area (TPSA) is 109 Å². The van der Waals surface area contributed by atoms with Crippen LogP contribution in [0.15, 0.2) is 41.5 Å². The summed E-state index contributed by atoms with van der Waals surface area (Å²) in [5, 5.41) is 9.08. The van der Waals surface area contributed by atoms with Gasteiger partial charge in [0.25, 0.3) is 5.91 Å². The van der Waals surface area contributed by atoms with E-state index in [1.807, 2.05) is 32.0 Å². The molecule has 2 aromatic carbocycles. The van der Waals surface area contributed by atoms with E-state index in [1.165, 1.54) is 13.3 Å². The van der Waals surface area contributed by atoms with Gasteiger partial charge in [0, 0.05) is 23.3 Å². The molecule has 152 valence electrons. The molecule has 0 saturated heterocycles. The first kappa shape index (κ1) is 21.9. The first-order valence-corrected chi connectivity index (χ1v) is 9.02. The van der Waals surface area contributed by atoms with Crippen LogP contribution in [0, 0.1) is 13.8 Å². The number of hydrazone groups is 1. The lowest BCUT2D eigenvalue weighted by Crippen LogP contribution is -2.35. The highest BCUT2D eigenvalue weighted by atomic mass is 35.5. The van der Waals surface area contributed by atoms with Crippen molar-refractivity contribution in [2.45, 2.75) is 13.8 Å². The third kappa shape index (κ3) is 6.62. The molecule has 2 aromatic rings. The van der Waals surface area contributed by atoms with Crippen molar-refractivity contribution >= 4 is 41.2 Å². The van der Waals surface area contributed by atoms with E-state index in [4.69, 9.17) is 16.3 Å². The van der Waals surface area contributed by atoms with Crippen LogP contribution in [0.1, 0.15) is 16.7 Å². The van der Waals surface area contributed by atoms with Gasteiger partial charge in [0.05, 0.1) is 6.21 Å². The van der Waals surface area contributed by atoms with Gasteiger partial charge >= 0.3 is 11.8 Å². The number of hydrogen-bond donors (Lipinski definition) is 3. The fourth-order valence-electron chi connectivity index (χ4n) is 2.36. The number of carbonyl (C=O) groups excluding carboxylic acids is 3. The molecule has 0 aliphatic rings. The Morgan fingerprint density at radius 1 is 1.10 bits per heavy atom. The number of benzene rings is 2. The maximum absolute atomic E-state index is 12.2. The van der Waals surface area contributed by atoms with Crippen molar-refractivity contribution in [3.05, 3.63) is 58.1 Å². The van der Waals surface area contributed by atoms with Crippen molar-refractivity contribution < 1.29 is 19.1 Å². The molecule has 0 heterocycles. The minimum atomic E-state index is -0.916. The highest BCUT2D eigenvalue weighted by Crippen LogP contribution is 2.22. The van der Waals surface area contributed by atoms with E-state index in [9.17, 15) is 14.4 Å². The summed E-state index contributed by atoms with van der Waals surface area (Å²) in [6, 6.07) is 10.4. The van der Waals surface area contributed by atoms with Crippen LogP contribution in [0.2, 0.25) is 5.02 Å². The SMILES string of the molecule is CNC(=O)C(=O)N/N=C\c1cc(Cl)ccc1OCC(=O)Nc1ccc(C)cc1C. The fourth-order valence-corrected chi connectivity index (χ4v) is 2.54. The van der Waals surface area contributed by atoms with Crippen molar-refractivity contribution in [2.24, 2.45) is 5.10 Å². The van der Waals surface area contributed by atoms with Gasteiger partial charge in [-0.15, -0.1) is 0 Å². The standard InChI is InChI=1S/C20H21ClN4O4/c1-12-4-6-16(13(2)8-12)24-18(26)11-29-17-7-5-15(21)9-14(17)10-23-25-20(28)19(27)22-3/h4-10H,11H2,1-3H3,(H,22,27)(H,24,26)(H,25,28)/b23-10-. The van der Waals surface area contributed by atoms with Gasteiger partial charge < -0.3 is 15.4 Å². The summed E-state index contributed by atoms with van der Waals surface area (Å²) < 4.78 is 5.56. The molecule has 0 radical (unpaired) electrons. The van der Waals surface area contributed by atoms with Crippen molar-refractivity contribution in [1.29, 1.82) is 0 Å². The first-order chi connectivity index (χ1) is 13.8. The monoisotopic (exact) mass is 416 g/mol. The maximum Gasteiger partial charge on any atom is 0.329 e. The van der Waals surface area contributed by atoms with E-state index in [-0.39, 0.29) is 12.5 Å². The Kier molecular flexibility index (Phi) is 7.73. The van der Waals surface area contributed by atoms with Crippen LogP contribution in [0.25, 0.3) is 0 Å². The van der Waals surface area contributed by atoms with E-state index < -0.39 is 11.8 Å². The first-order valence-electron chi connectivity index (χ1n) is 8.64. The zero-order chi connectivity index (χ0) is 21.4. The Morgan fingerprint density at radius 2 is 1.86 bits per heavy atom. The van der Waals surface area contributed by atoms with Crippen LogP contribution in [0.3, 0.4) is 0 Å². The number of aryl methyl sites for hydroxylation is 2. The Morgan fingerprint density at radius 3 is 2.55 bits per heavy atom. The molecular weight excluding hydrogens is 396 g/mol. The molecule has 0 fully saturated rings. The molecule has 0 spiro atoms. The van der Waals surface area contributed by atoms with E-state index >= 15 is 0 Å². The van der Waals surface area contributed by atoms with E-state index in [2.05, 4.69) is 21.2 Å². The number of rotatable bonds is 6. The van der Waals surface area contributed by atoms with Crippen LogP contribution in [-0.2, 0) is 14.4 Å². The Hall–Kier alpha value is -3.39. The van der Waals surface area contributed by atoms with Crippen LogP contribution >= 0.6 is 11.6 Å². The van der Waals surface area contributed by atoms with E-state index in [0.717, 1.165) is 11.1 Å². The van der Waals surface area contributed by atoms with Crippen molar-refractivity contribution in [3.8, 4) is 5.75 Å². The predicted octanol–water partition coefficient (Wildman–Crippen LogP) is 2.17. The van der Waals surface area contributed by atoms with Crippen LogP contribution in [0.4, 0.5) is 5.69 Å². The normalized spacial score (nSPS) is 10.5. The molecule has 8 nitrogen and oxygen atoms in total. The number of amides is 3. The van der Waals surface area contributed by atoms with Gasteiger partial charge in [0.2, 0.25) is 0 Å². The van der Waals surface area contributed by atoms with Gasteiger partial charge in [0.15, 0.2) is 6.61 Å². The highest BCUT2D eigenvalue weighted by Gasteiger charge is 2.11. The summed E-state index contributed by atoms with van der Waals surface area (Å²) in [5.41, 5.74) is 5.26. The zero-order valence-electron chi connectivity index (χ0n) is 16.2. The summed E-state index contributed by atoms with van der Waals surface area (Å²) in [6.07, 6.45) is 1.27. The zero-order valence-corrected chi connectivity index (χ0v) is 17.0. The number of nitrogens with one attached hydrogen (secondary N) is 3. The second-order valence-electron chi connectivity index (χ2n) is 6.12. The largest absolute Gasteiger partial charge is 0.483 e. The quantitative estimate of drug-likeness (QED) is 0.381. The fraction of sp³-hybridized carbons (Fsp3) is 0.200. The summed E-state index contributed by atoms with van der Waals surface area (Å²) in [5.74, 6) is -1.74. The molecule has 3 amide bonds. The Bertz CT molecular complexity index is 959. The third-order valence-corrected chi connectivity index (χ3v) is 4.02. The lowest BCUT2D eigenvalue weighted by atomic mass is 10.1. The number of nitrogens with zero attached hydrogens (tertiary/aromatic N) is 1. The summed E-state index contributed by atoms with van der Waals surface area (Å²) >= 11 is 5.98. The Labute approximate surface area is 173 Å². The molecule has 0 aliphatic carbocycles. The lowest BCUT2D eigenvalue weighted by molar-refractivity contribution is -0.138. The molecule has 0 unspecified atom stereocenters. The van der Waals surface area contributed by atoms with Crippen LogP contribution in [-0.4, -0.2) is 37.6 Å². The van der Waals surface area contributed by atoms with Crippen LogP contribution in [0.5, 0.6) is 5.75 Å². The molecule has 3 N–H and O–H groups in total. The van der Waals surface area contributed by atoms with Gasteiger partial charge in [0.1, 0.15) is 5.75 Å². The number of likely N-dealkylation sites (N-methyl/N-ethyl adjacent to an activating group) is 1. The molecule has 9 heteroatoms. The van der Waals surface area contributed by atoms with Gasteiger partial charge in [-0.3, -0.25) is 14.4 Å². The number of halogens is 1. The number of anilines is 1. The minimum absolute atomic E-state index is 0.236. The van der Waals surface area contributed by atoms with Gasteiger partial charge in [-0.2, -0.15) is 5.10 Å². The number of ether oxygens (including phenoxy) is 1. The Balaban J connectivity index is 2.02. The second-order valence-corrected chi connectivity index (χ2v) is 6.55. The average Bonchev–Trinajstić information content (AvgIpc) is 2.68. The van der Waals surface area contributed by atoms with Gasteiger partial charge in [-0.1, -0.05) is 29.3 Å². The average molecular weight is 417 g/mol. The molecular formula is C20H21ClN4O4. The maximum atomic E-state index is 12.2. The summed E-state index contributed by atoms with van der Waals surface area (Å²) in [6.45, 7) is 3.65. The van der Waals surface area contributed by atoms with Gasteiger partial charge in [-0.25, -0.2) is 5.43 Å². The second kappa shape index (κ2) is 10.2. The van der Waals surface area contributed by atoms with Crippen LogP contribution < -0.4 is 20.8 Å². The highest BCUT2D eigenvalue weighted by molar-refractivity contribution is 6.35.